The van der Waals surface area contributed by atoms with Crippen LogP contribution in [0.2, 0.25) is 0 Å². The molecule has 4 aromatic rings. The first-order chi connectivity index (χ1) is 18.4. The molecule has 194 valence electrons. The lowest BCUT2D eigenvalue weighted by molar-refractivity contribution is -0.139. The second kappa shape index (κ2) is 11.2. The van der Waals surface area contributed by atoms with E-state index in [0.29, 0.717) is 23.4 Å². The number of ketones is 1. The highest BCUT2D eigenvalue weighted by Gasteiger charge is 2.32. The minimum atomic E-state index is -0.236. The van der Waals surface area contributed by atoms with E-state index in [1.54, 1.807) is 0 Å². The van der Waals surface area contributed by atoms with Crippen LogP contribution < -0.4 is 4.74 Å². The number of benzene rings is 4. The molecule has 0 spiro atoms. The van der Waals surface area contributed by atoms with Crippen LogP contribution in [0.25, 0.3) is 10.8 Å². The molecule has 4 aromatic carbocycles. The fourth-order valence-corrected chi connectivity index (χ4v) is 5.03. The Hall–Kier alpha value is -4.03. The van der Waals surface area contributed by atoms with Crippen molar-refractivity contribution in [1.82, 2.24) is 9.80 Å². The Morgan fingerprint density at radius 2 is 1.53 bits per heavy atom. The summed E-state index contributed by atoms with van der Waals surface area (Å²) in [7, 11) is 0. The lowest BCUT2D eigenvalue weighted by atomic mass is 10.00. The summed E-state index contributed by atoms with van der Waals surface area (Å²) in [6.07, 6.45) is 0. The molecule has 1 heterocycles. The first kappa shape index (κ1) is 25.6. The van der Waals surface area contributed by atoms with E-state index in [4.69, 9.17) is 4.74 Å². The summed E-state index contributed by atoms with van der Waals surface area (Å²) in [5.41, 5.74) is 2.35. The molecule has 5 rings (SSSR count). The number of carbonyl (C=O) groups excluding carboxylic acids is 2. The van der Waals surface area contributed by atoms with Gasteiger partial charge in [0.15, 0.2) is 12.4 Å². The maximum Gasteiger partial charge on any atom is 0.260 e. The molecule has 2 atom stereocenters. The average molecular weight is 511 g/mol. The van der Waals surface area contributed by atoms with Crippen molar-refractivity contribution in [2.45, 2.75) is 32.5 Å². The maximum atomic E-state index is 13.2. The number of amides is 1. The molecule has 0 aromatic heterocycles. The Balaban J connectivity index is 1.19. The normalized spacial score (nSPS) is 17.9. The fourth-order valence-electron chi connectivity index (χ4n) is 5.03. The predicted octanol–water partition coefficient (Wildman–Crippen LogP) is 5.71. The van der Waals surface area contributed by atoms with Gasteiger partial charge in [-0.15, -0.1) is 0 Å². The van der Waals surface area contributed by atoms with Crippen molar-refractivity contribution in [3.63, 3.8) is 0 Å². The molecule has 1 aliphatic rings. The molecular weight excluding hydrogens is 479 g/mol. The van der Waals surface area contributed by atoms with Crippen LogP contribution in [0.3, 0.4) is 0 Å². The number of carbonyl (C=O) groups is 2. The summed E-state index contributed by atoms with van der Waals surface area (Å²) < 4.78 is 19.1. The van der Waals surface area contributed by atoms with Crippen LogP contribution in [0.5, 0.6) is 5.75 Å². The summed E-state index contributed by atoms with van der Waals surface area (Å²) in [6.45, 7) is 6.19. The Morgan fingerprint density at radius 1 is 0.816 bits per heavy atom. The summed E-state index contributed by atoms with van der Waals surface area (Å²) in [5.74, 6) is 0.317. The molecule has 0 saturated carbocycles. The Morgan fingerprint density at radius 3 is 2.29 bits per heavy atom. The second-order valence-electron chi connectivity index (χ2n) is 10.0. The number of rotatable bonds is 7. The van der Waals surface area contributed by atoms with Crippen molar-refractivity contribution in [2.75, 3.05) is 19.7 Å². The van der Waals surface area contributed by atoms with E-state index in [1.165, 1.54) is 12.1 Å². The van der Waals surface area contributed by atoms with Crippen molar-refractivity contribution in [3.8, 4) is 5.75 Å². The predicted molar refractivity (Wildman–Crippen MR) is 147 cm³/mol. The van der Waals surface area contributed by atoms with E-state index in [-0.39, 0.29) is 36.2 Å². The van der Waals surface area contributed by atoms with Crippen LogP contribution in [-0.4, -0.2) is 53.3 Å². The van der Waals surface area contributed by atoms with Gasteiger partial charge in [-0.25, -0.2) is 4.39 Å². The second-order valence-corrected chi connectivity index (χ2v) is 10.0. The minimum absolute atomic E-state index is 0.0143. The van der Waals surface area contributed by atoms with Gasteiger partial charge in [-0.2, -0.15) is 0 Å². The molecule has 5 nitrogen and oxygen atoms in total. The zero-order chi connectivity index (χ0) is 26.6. The Kier molecular flexibility index (Phi) is 7.52. The number of hydrogen-bond acceptors (Lipinski definition) is 4. The van der Waals surface area contributed by atoms with E-state index >= 15 is 0 Å². The van der Waals surface area contributed by atoms with Crippen LogP contribution >= 0.6 is 0 Å². The molecule has 1 aliphatic heterocycles. The van der Waals surface area contributed by atoms with Crippen molar-refractivity contribution >= 4 is 22.5 Å². The molecule has 38 heavy (non-hydrogen) atoms. The molecular formula is C32H31FN2O3. The average Bonchev–Trinajstić information content (AvgIpc) is 2.94. The van der Waals surface area contributed by atoms with Gasteiger partial charge in [0.05, 0.1) is 0 Å². The Labute approximate surface area is 222 Å². The summed E-state index contributed by atoms with van der Waals surface area (Å²) >= 11 is 0. The van der Waals surface area contributed by atoms with Gasteiger partial charge in [-0.3, -0.25) is 14.5 Å². The van der Waals surface area contributed by atoms with Crippen molar-refractivity contribution < 1.29 is 18.7 Å². The molecule has 2 unspecified atom stereocenters. The van der Waals surface area contributed by atoms with E-state index in [0.717, 1.165) is 29.4 Å². The molecule has 1 fully saturated rings. The summed E-state index contributed by atoms with van der Waals surface area (Å²) in [5, 5.41) is 1.88. The highest BCUT2D eigenvalue weighted by Crippen LogP contribution is 2.24. The van der Waals surface area contributed by atoms with Crippen LogP contribution in [0.15, 0.2) is 91.0 Å². The Bertz CT molecular complexity index is 1440. The minimum Gasteiger partial charge on any atom is -0.484 e. The summed E-state index contributed by atoms with van der Waals surface area (Å²) in [6, 6.07) is 27.3. The third-order valence-electron chi connectivity index (χ3n) is 7.21. The molecule has 6 heteroatoms. The van der Waals surface area contributed by atoms with E-state index in [9.17, 15) is 14.0 Å². The van der Waals surface area contributed by atoms with Gasteiger partial charge in [-0.1, -0.05) is 60.7 Å². The number of piperazine rings is 1. The quantitative estimate of drug-likeness (QED) is 0.299. The van der Waals surface area contributed by atoms with Crippen molar-refractivity contribution in [2.24, 2.45) is 0 Å². The third-order valence-corrected chi connectivity index (χ3v) is 7.21. The van der Waals surface area contributed by atoms with Gasteiger partial charge in [0.25, 0.3) is 5.91 Å². The van der Waals surface area contributed by atoms with Crippen molar-refractivity contribution in [3.05, 3.63) is 114 Å². The van der Waals surface area contributed by atoms with Gasteiger partial charge in [0.2, 0.25) is 0 Å². The van der Waals surface area contributed by atoms with Crippen LogP contribution in [0.4, 0.5) is 4.39 Å². The van der Waals surface area contributed by atoms with Gasteiger partial charge in [0, 0.05) is 42.8 Å². The monoisotopic (exact) mass is 510 g/mol. The van der Waals surface area contributed by atoms with Crippen molar-refractivity contribution in [1.29, 1.82) is 0 Å². The van der Waals surface area contributed by atoms with Crippen LogP contribution in [0.1, 0.15) is 35.3 Å². The standard InChI is InChI=1S/C32H31FN2O3/c1-22-19-35(23(2)18-34(22)20-24-8-13-29(33)14-9-24)31(36)21-38-30-15-12-26-16-28(11-10-27(26)17-30)32(37)25-6-4-3-5-7-25/h3-17,22-23H,18-21H2,1-2H3. The molecule has 0 N–H and O–H groups in total. The van der Waals surface area contributed by atoms with Gasteiger partial charge in [-0.05, 0) is 60.5 Å². The lowest BCUT2D eigenvalue weighted by Crippen LogP contribution is -2.58. The van der Waals surface area contributed by atoms with E-state index < -0.39 is 0 Å². The van der Waals surface area contributed by atoms with Crippen LogP contribution in [0, 0.1) is 5.82 Å². The van der Waals surface area contributed by atoms with Gasteiger partial charge >= 0.3 is 0 Å². The SMILES string of the molecule is CC1CN(C(=O)COc2ccc3cc(C(=O)c4ccccc4)ccc3c2)C(C)CN1Cc1ccc(F)cc1. The molecule has 0 aliphatic carbocycles. The number of halogens is 1. The van der Waals surface area contributed by atoms with Gasteiger partial charge < -0.3 is 9.64 Å². The fraction of sp³-hybridized carbons (Fsp3) is 0.250. The largest absolute Gasteiger partial charge is 0.484 e. The van der Waals surface area contributed by atoms with E-state index in [1.807, 2.05) is 90.7 Å². The zero-order valence-corrected chi connectivity index (χ0v) is 21.6. The highest BCUT2D eigenvalue weighted by atomic mass is 19.1. The maximum absolute atomic E-state index is 13.2. The van der Waals surface area contributed by atoms with E-state index in [2.05, 4.69) is 11.8 Å². The number of hydrogen-bond donors (Lipinski definition) is 0. The van der Waals surface area contributed by atoms with Crippen LogP contribution in [-0.2, 0) is 11.3 Å². The molecule has 0 radical (unpaired) electrons. The molecule has 1 amide bonds. The lowest BCUT2D eigenvalue weighted by Gasteiger charge is -2.44. The molecule has 1 saturated heterocycles. The topological polar surface area (TPSA) is 49.9 Å². The number of fused-ring (bicyclic) bond motifs is 1. The molecule has 0 bridgehead atoms. The number of nitrogens with zero attached hydrogens (tertiary/aromatic N) is 2. The van der Waals surface area contributed by atoms with Gasteiger partial charge in [0.1, 0.15) is 11.6 Å². The zero-order valence-electron chi connectivity index (χ0n) is 21.6. The first-order valence-electron chi connectivity index (χ1n) is 12.9. The summed E-state index contributed by atoms with van der Waals surface area (Å²) in [4.78, 5) is 30.0. The first-order valence-corrected chi connectivity index (χ1v) is 12.9. The third kappa shape index (κ3) is 5.76. The number of ether oxygens (including phenoxy) is 1. The highest BCUT2D eigenvalue weighted by molar-refractivity contribution is 6.10. The smallest absolute Gasteiger partial charge is 0.260 e.